The van der Waals surface area contributed by atoms with Crippen LogP contribution in [-0.2, 0) is 43.5 Å². The average molecular weight is 641 g/mol. The van der Waals surface area contributed by atoms with Gasteiger partial charge in [0.15, 0.2) is 0 Å². The average Bonchev–Trinajstić information content (AvgIpc) is 3.73. The molecule has 40 heavy (non-hydrogen) atoms. The Kier molecular flexibility index (Phi) is 13.4. The molecule has 0 saturated heterocycles. The third-order valence-corrected chi connectivity index (χ3v) is 8.39. The van der Waals surface area contributed by atoms with Gasteiger partial charge < -0.3 is 24.8 Å². The quantitative estimate of drug-likeness (QED) is 0.260. The molecule has 1 fully saturated rings. The maximum atomic E-state index is 3.69. The maximum absolute atomic E-state index is 3.69. The number of rotatable bonds is 4. The van der Waals surface area contributed by atoms with Crippen molar-refractivity contribution in [3.63, 3.8) is 0 Å². The van der Waals surface area contributed by atoms with E-state index in [4.69, 9.17) is 0 Å². The van der Waals surface area contributed by atoms with Gasteiger partial charge in [-0.3, -0.25) is 0 Å². The summed E-state index contributed by atoms with van der Waals surface area (Å²) in [5.41, 5.74) is 10.9. The van der Waals surface area contributed by atoms with E-state index in [1.165, 1.54) is 70.2 Å². The van der Waals surface area contributed by atoms with Gasteiger partial charge in [-0.05, 0) is 41.5 Å². The topological polar surface area (TPSA) is 0 Å². The summed E-state index contributed by atoms with van der Waals surface area (Å²) in [5.74, 6) is 0. The molecule has 0 aromatic heterocycles. The monoisotopic (exact) mass is 638 g/mol. The van der Waals surface area contributed by atoms with E-state index in [0.29, 0.717) is 0 Å². The number of hydrogen-bond acceptors (Lipinski definition) is 0. The van der Waals surface area contributed by atoms with Crippen LogP contribution in [0.25, 0.3) is 11.1 Å². The first-order valence-electron chi connectivity index (χ1n) is 13.7. The van der Waals surface area contributed by atoms with Crippen molar-refractivity contribution in [1.82, 2.24) is 0 Å². The fraction of sp³-hybridized carbons (Fsp3) is 0.189. The molecule has 2 aliphatic carbocycles. The van der Waals surface area contributed by atoms with Crippen molar-refractivity contribution in [2.45, 2.75) is 44.9 Å². The van der Waals surface area contributed by atoms with Crippen LogP contribution in [0, 0.1) is 6.07 Å². The molecule has 0 N–H and O–H groups in total. The number of halogens is 2. The van der Waals surface area contributed by atoms with Crippen molar-refractivity contribution >= 4 is 3.21 Å². The Morgan fingerprint density at radius 2 is 1.23 bits per heavy atom. The van der Waals surface area contributed by atoms with E-state index in [1.807, 2.05) is 30.3 Å². The smallest absolute Gasteiger partial charge is 0.00257 e. The molecule has 1 saturated carbocycles. The largest absolute Gasteiger partial charge is 0.214 e. The first kappa shape index (κ1) is 32.1. The van der Waals surface area contributed by atoms with Gasteiger partial charge in [0.25, 0.3) is 0 Å². The minimum Gasteiger partial charge on any atom is -0.214 e. The van der Waals surface area contributed by atoms with Crippen LogP contribution in [0.3, 0.4) is 0 Å². The second-order valence-electron chi connectivity index (χ2n) is 10.1. The number of fused-ring (bicyclic) bond motifs is 3. The zero-order valence-electron chi connectivity index (χ0n) is 22.8. The SMILES string of the molecule is [Cl-].[Cl-].[Zr+2]=[C]1CCCC1.[c-]1c(Cc2ccccc2)ccc2c1Cc1cc(Cc3ccccc3)ccc1-2.c1cc[cH-]c1. The minimum absolute atomic E-state index is 0. The molecule has 0 spiro atoms. The molecule has 0 radical (unpaired) electrons. The molecule has 0 amide bonds. The summed E-state index contributed by atoms with van der Waals surface area (Å²) in [6.07, 6.45) is 8.77. The zero-order chi connectivity index (χ0) is 26.0. The van der Waals surface area contributed by atoms with Crippen LogP contribution < -0.4 is 24.8 Å². The second-order valence-corrected chi connectivity index (χ2v) is 11.9. The Balaban J connectivity index is 0.000000284. The summed E-state index contributed by atoms with van der Waals surface area (Å²) in [7, 11) is 0. The molecule has 0 atom stereocenters. The van der Waals surface area contributed by atoms with Gasteiger partial charge in [0.2, 0.25) is 0 Å². The number of benzene rings is 4. The first-order valence-corrected chi connectivity index (χ1v) is 14.9. The first-order chi connectivity index (χ1) is 18.7. The predicted molar refractivity (Wildman–Crippen MR) is 158 cm³/mol. The van der Waals surface area contributed by atoms with Crippen LogP contribution in [0.15, 0.2) is 121 Å². The maximum Gasteiger partial charge on any atom is -0.00257 e. The van der Waals surface area contributed by atoms with Gasteiger partial charge in [0, 0.05) is 0 Å². The van der Waals surface area contributed by atoms with Gasteiger partial charge >= 0.3 is 53.1 Å². The molecular formula is C37H34Cl2Zr-2. The van der Waals surface area contributed by atoms with Crippen LogP contribution in [0.2, 0.25) is 0 Å². The minimum atomic E-state index is 0. The van der Waals surface area contributed by atoms with E-state index >= 15 is 0 Å². The van der Waals surface area contributed by atoms with E-state index in [1.54, 1.807) is 27.4 Å². The summed E-state index contributed by atoms with van der Waals surface area (Å²) in [4.78, 5) is 0. The normalized spacial score (nSPS) is 12.4. The van der Waals surface area contributed by atoms with Crippen LogP contribution in [0.4, 0.5) is 0 Å². The summed E-state index contributed by atoms with van der Waals surface area (Å²) < 4.78 is 1.79. The summed E-state index contributed by atoms with van der Waals surface area (Å²) in [6, 6.07) is 46.5. The zero-order valence-corrected chi connectivity index (χ0v) is 26.7. The van der Waals surface area contributed by atoms with Crippen molar-refractivity contribution in [2.24, 2.45) is 0 Å². The van der Waals surface area contributed by atoms with Gasteiger partial charge in [0.05, 0.1) is 0 Å². The molecule has 0 unspecified atom stereocenters. The van der Waals surface area contributed by atoms with Gasteiger partial charge in [-0.2, -0.15) is 42.0 Å². The Labute approximate surface area is 267 Å². The van der Waals surface area contributed by atoms with E-state index in [-0.39, 0.29) is 24.8 Å². The van der Waals surface area contributed by atoms with Crippen molar-refractivity contribution in [1.29, 1.82) is 0 Å². The molecule has 3 heteroatoms. The second kappa shape index (κ2) is 16.7. The van der Waals surface area contributed by atoms with E-state index in [2.05, 4.69) is 97.1 Å². The molecule has 7 rings (SSSR count). The van der Waals surface area contributed by atoms with Gasteiger partial charge in [0.1, 0.15) is 0 Å². The third-order valence-electron chi connectivity index (χ3n) is 7.17. The van der Waals surface area contributed by atoms with Gasteiger partial charge in [-0.1, -0.05) is 84.4 Å². The predicted octanol–water partition coefficient (Wildman–Crippen LogP) is 2.93. The van der Waals surface area contributed by atoms with Crippen molar-refractivity contribution in [3.05, 3.63) is 161 Å². The summed E-state index contributed by atoms with van der Waals surface area (Å²) in [6.45, 7) is 0. The summed E-state index contributed by atoms with van der Waals surface area (Å²) in [5, 5.41) is 0. The fourth-order valence-electron chi connectivity index (χ4n) is 5.21. The van der Waals surface area contributed by atoms with E-state index in [9.17, 15) is 0 Å². The fourth-order valence-corrected chi connectivity index (χ4v) is 6.08. The Bertz CT molecular complexity index is 1330. The van der Waals surface area contributed by atoms with Crippen molar-refractivity contribution < 1.29 is 49.0 Å². The molecule has 0 bridgehead atoms. The molecule has 0 nitrogen and oxygen atoms in total. The van der Waals surface area contributed by atoms with Gasteiger partial charge in [-0.15, -0.1) is 11.1 Å². The molecule has 0 aliphatic heterocycles. The standard InChI is InChI=1S/C27H21.C5H8.C5H5.2ClH.Zr/c1-3-7-20(8-4-1)15-22-11-13-26-24(17-22)19-25-18-23(12-14-27(25)26)16-21-9-5-2-6-10-21;2*1-2-4-5-3-1;;;/h1-14,17H,15-16,19H2;1-4H2;1-5H;2*1H;/q-1;;-1;;;+2/p-2. The van der Waals surface area contributed by atoms with Crippen LogP contribution in [0.5, 0.6) is 0 Å². The molecular weight excluding hydrogens is 607 g/mol. The third kappa shape index (κ3) is 9.31. The Morgan fingerprint density at radius 1 is 0.625 bits per heavy atom. The molecule has 202 valence electrons. The van der Waals surface area contributed by atoms with Crippen LogP contribution >= 0.6 is 0 Å². The molecule has 2 aliphatic rings. The Hall–Kier alpha value is -2.44. The van der Waals surface area contributed by atoms with Crippen LogP contribution in [-0.4, -0.2) is 3.21 Å². The van der Waals surface area contributed by atoms with E-state index in [0.717, 1.165) is 19.3 Å². The molecule has 0 heterocycles. The molecule has 5 aromatic carbocycles. The Morgan fingerprint density at radius 3 is 1.77 bits per heavy atom. The van der Waals surface area contributed by atoms with Crippen molar-refractivity contribution in [3.8, 4) is 11.1 Å². The molecule has 5 aromatic rings. The van der Waals surface area contributed by atoms with Crippen molar-refractivity contribution in [2.75, 3.05) is 0 Å². The number of hydrogen-bond donors (Lipinski definition) is 0. The summed E-state index contributed by atoms with van der Waals surface area (Å²) >= 11 is 1.68. The van der Waals surface area contributed by atoms with Gasteiger partial charge in [-0.25, -0.2) is 12.1 Å². The van der Waals surface area contributed by atoms with Crippen LogP contribution in [0.1, 0.15) is 59.1 Å². The van der Waals surface area contributed by atoms with E-state index < -0.39 is 0 Å².